The van der Waals surface area contributed by atoms with Gasteiger partial charge in [0.05, 0.1) is 5.69 Å². The quantitative estimate of drug-likeness (QED) is 0.384. The first-order chi connectivity index (χ1) is 13.8. The van der Waals surface area contributed by atoms with Crippen LogP contribution in [-0.4, -0.2) is 34.4 Å². The molecular weight excluding hydrogens is 562 g/mol. The van der Waals surface area contributed by atoms with E-state index in [-0.39, 0.29) is 0 Å². The van der Waals surface area contributed by atoms with Crippen molar-refractivity contribution in [1.82, 2.24) is 9.55 Å². The molecule has 3 heterocycles. The third-order valence-corrected chi connectivity index (χ3v) is 7.66. The maximum atomic E-state index is 9.50. The zero-order valence-corrected chi connectivity index (χ0v) is 21.5. The second-order valence-corrected chi connectivity index (χ2v) is 10.5. The van der Waals surface area contributed by atoms with E-state index in [1.54, 1.807) is 0 Å². The average molecular weight is 586 g/mol. The average Bonchev–Trinajstić information content (AvgIpc) is 2.92. The molecule has 1 aromatic carbocycles. The van der Waals surface area contributed by atoms with Crippen LogP contribution in [0.2, 0.25) is 0 Å². The summed E-state index contributed by atoms with van der Waals surface area (Å²) in [6.07, 6.45) is 2.06. The van der Waals surface area contributed by atoms with Gasteiger partial charge in [0.25, 0.3) is 0 Å². The fourth-order valence-corrected chi connectivity index (χ4v) is 6.91. The number of nitrogens with zero attached hydrogens (tertiary/aromatic N) is 3. The Morgan fingerprint density at radius 1 is 1.03 bits per heavy atom. The number of piperidine rings is 1. The lowest BCUT2D eigenvalue weighted by molar-refractivity contribution is 0.203. The molecule has 3 aromatic rings. The molecule has 1 aliphatic rings. The fraction of sp³-hybridized carbons (Fsp3) is 0.409. The van der Waals surface area contributed by atoms with Gasteiger partial charge in [-0.1, -0.05) is 15.9 Å². The van der Waals surface area contributed by atoms with Crippen molar-refractivity contribution in [2.45, 2.75) is 33.6 Å². The molecule has 0 saturated carbocycles. The van der Waals surface area contributed by atoms with E-state index in [1.807, 2.05) is 0 Å². The van der Waals surface area contributed by atoms with Gasteiger partial charge in [-0.15, -0.1) is 0 Å². The van der Waals surface area contributed by atoms with Crippen molar-refractivity contribution in [2.75, 3.05) is 24.6 Å². The minimum absolute atomic E-state index is 0.290. The summed E-state index contributed by atoms with van der Waals surface area (Å²) in [6, 6.07) is 6.35. The highest BCUT2D eigenvalue weighted by atomic mass is 79.9. The Kier molecular flexibility index (Phi) is 6.13. The van der Waals surface area contributed by atoms with E-state index in [9.17, 15) is 5.11 Å². The Morgan fingerprint density at radius 3 is 2.24 bits per heavy atom. The third-order valence-electron chi connectivity index (χ3n) is 5.99. The maximum Gasteiger partial charge on any atom is 0.147 e. The van der Waals surface area contributed by atoms with E-state index >= 15 is 0 Å². The number of aliphatic hydroxyl groups is 1. The van der Waals surface area contributed by atoms with Crippen LogP contribution in [0.4, 0.5) is 5.69 Å². The normalized spacial score (nSPS) is 15.5. The summed E-state index contributed by atoms with van der Waals surface area (Å²) in [5.41, 5.74) is 6.77. The van der Waals surface area contributed by atoms with Crippen LogP contribution in [-0.2, 0) is 0 Å². The number of rotatable bonds is 3. The van der Waals surface area contributed by atoms with Crippen LogP contribution >= 0.6 is 47.8 Å². The fourth-order valence-electron chi connectivity index (χ4n) is 4.30. The standard InChI is InChI=1S/C22H24Br3N3O/c1-12-8-19(27-6-4-15(11-29)5-7-27)20-13(2)14(3)28(22(20)26-12)21-17(24)9-16(23)10-18(21)25/h8-10,15,29H,4-7,11H2,1-3H3. The molecule has 0 spiro atoms. The summed E-state index contributed by atoms with van der Waals surface area (Å²) in [6.45, 7) is 8.65. The number of aliphatic hydroxyl groups excluding tert-OH is 1. The molecule has 2 aromatic heterocycles. The van der Waals surface area contributed by atoms with Crippen LogP contribution in [0.1, 0.15) is 29.8 Å². The zero-order chi connectivity index (χ0) is 20.9. The van der Waals surface area contributed by atoms with Gasteiger partial charge in [-0.3, -0.25) is 4.57 Å². The molecule has 7 heteroatoms. The van der Waals surface area contributed by atoms with Crippen LogP contribution in [0.3, 0.4) is 0 Å². The third kappa shape index (κ3) is 3.80. The van der Waals surface area contributed by atoms with Gasteiger partial charge in [0.2, 0.25) is 0 Å². The van der Waals surface area contributed by atoms with Crippen LogP contribution in [0.15, 0.2) is 31.6 Å². The van der Waals surface area contributed by atoms with Crippen LogP contribution < -0.4 is 4.90 Å². The predicted octanol–water partition coefficient (Wildman–Crippen LogP) is 6.45. The molecule has 1 aliphatic heterocycles. The van der Waals surface area contributed by atoms with Crippen molar-refractivity contribution >= 4 is 64.5 Å². The van der Waals surface area contributed by atoms with Crippen molar-refractivity contribution in [3.8, 4) is 5.69 Å². The van der Waals surface area contributed by atoms with Gasteiger partial charge in [-0.2, -0.15) is 0 Å². The molecule has 4 rings (SSSR count). The summed E-state index contributed by atoms with van der Waals surface area (Å²) in [7, 11) is 0. The Bertz CT molecular complexity index is 1060. The summed E-state index contributed by atoms with van der Waals surface area (Å²) >= 11 is 11.1. The number of hydrogen-bond donors (Lipinski definition) is 1. The first-order valence-corrected chi connectivity index (χ1v) is 12.2. The van der Waals surface area contributed by atoms with Gasteiger partial charge in [0.1, 0.15) is 5.65 Å². The first-order valence-electron chi connectivity index (χ1n) is 9.81. The smallest absolute Gasteiger partial charge is 0.147 e. The maximum absolute atomic E-state index is 9.50. The number of pyridine rings is 1. The first kappa shape index (κ1) is 21.3. The minimum Gasteiger partial charge on any atom is -0.396 e. The molecule has 0 aliphatic carbocycles. The van der Waals surface area contributed by atoms with E-state index in [2.05, 4.69) is 96.2 Å². The summed E-state index contributed by atoms with van der Waals surface area (Å²) in [5, 5.41) is 10.7. The topological polar surface area (TPSA) is 41.3 Å². The summed E-state index contributed by atoms with van der Waals surface area (Å²) in [5.74, 6) is 0.423. The van der Waals surface area contributed by atoms with Gasteiger partial charge >= 0.3 is 0 Å². The number of fused-ring (bicyclic) bond motifs is 1. The highest BCUT2D eigenvalue weighted by Gasteiger charge is 2.25. The Morgan fingerprint density at radius 2 is 1.66 bits per heavy atom. The molecule has 0 radical (unpaired) electrons. The van der Waals surface area contributed by atoms with E-state index in [1.165, 1.54) is 22.3 Å². The minimum atomic E-state index is 0.290. The van der Waals surface area contributed by atoms with Gasteiger partial charge in [-0.05, 0) is 95.2 Å². The van der Waals surface area contributed by atoms with E-state index in [4.69, 9.17) is 4.98 Å². The van der Waals surface area contributed by atoms with E-state index in [0.717, 1.165) is 56.4 Å². The highest BCUT2D eigenvalue weighted by Crippen LogP contribution is 2.41. The lowest BCUT2D eigenvalue weighted by Crippen LogP contribution is -2.35. The van der Waals surface area contributed by atoms with Gasteiger partial charge in [0, 0.05) is 55.6 Å². The molecule has 0 unspecified atom stereocenters. The monoisotopic (exact) mass is 583 g/mol. The van der Waals surface area contributed by atoms with Crippen molar-refractivity contribution in [1.29, 1.82) is 0 Å². The molecule has 29 heavy (non-hydrogen) atoms. The molecule has 0 amide bonds. The molecule has 4 nitrogen and oxygen atoms in total. The van der Waals surface area contributed by atoms with E-state index < -0.39 is 0 Å². The number of halogens is 3. The van der Waals surface area contributed by atoms with Gasteiger partial charge in [0.15, 0.2) is 0 Å². The summed E-state index contributed by atoms with van der Waals surface area (Å²) < 4.78 is 5.28. The highest BCUT2D eigenvalue weighted by molar-refractivity contribution is 9.11. The van der Waals surface area contributed by atoms with Gasteiger partial charge in [-0.25, -0.2) is 4.98 Å². The van der Waals surface area contributed by atoms with Crippen molar-refractivity contribution in [3.63, 3.8) is 0 Å². The number of benzene rings is 1. The molecule has 0 atom stereocenters. The molecule has 154 valence electrons. The van der Waals surface area contributed by atoms with Crippen LogP contribution in [0.5, 0.6) is 0 Å². The largest absolute Gasteiger partial charge is 0.396 e. The molecule has 1 saturated heterocycles. The van der Waals surface area contributed by atoms with Crippen molar-refractivity contribution in [3.05, 3.63) is 48.6 Å². The number of hydrogen-bond acceptors (Lipinski definition) is 3. The molecule has 1 fully saturated rings. The van der Waals surface area contributed by atoms with Crippen LogP contribution in [0, 0.1) is 26.7 Å². The molecule has 1 N–H and O–H groups in total. The number of aromatic nitrogens is 2. The number of aryl methyl sites for hydroxylation is 2. The Labute approximate surface area is 196 Å². The van der Waals surface area contributed by atoms with Crippen molar-refractivity contribution < 1.29 is 5.11 Å². The lowest BCUT2D eigenvalue weighted by atomic mass is 9.97. The van der Waals surface area contributed by atoms with E-state index in [0.29, 0.717) is 12.5 Å². The second kappa shape index (κ2) is 8.33. The van der Waals surface area contributed by atoms with Crippen molar-refractivity contribution in [2.24, 2.45) is 5.92 Å². The van der Waals surface area contributed by atoms with Crippen LogP contribution in [0.25, 0.3) is 16.7 Å². The molecule has 0 bridgehead atoms. The molecular formula is C22H24Br3N3O. The SMILES string of the molecule is Cc1cc(N2CCC(CO)CC2)c2c(C)c(C)n(-c3c(Br)cc(Br)cc3Br)c2n1. The Hall–Kier alpha value is -0.890. The second-order valence-electron chi connectivity index (χ2n) is 7.86. The number of anilines is 1. The Balaban J connectivity index is 1.94. The zero-order valence-electron chi connectivity index (χ0n) is 16.8. The predicted molar refractivity (Wildman–Crippen MR) is 130 cm³/mol. The van der Waals surface area contributed by atoms with Gasteiger partial charge < -0.3 is 10.0 Å². The summed E-state index contributed by atoms with van der Waals surface area (Å²) in [4.78, 5) is 7.43. The lowest BCUT2D eigenvalue weighted by Gasteiger charge is -2.33.